The Bertz CT molecular complexity index is 570. The van der Waals surface area contributed by atoms with E-state index in [9.17, 15) is 15.0 Å². The van der Waals surface area contributed by atoms with Crippen molar-refractivity contribution in [1.82, 2.24) is 10.3 Å². The first kappa shape index (κ1) is 15.2. The second-order valence-corrected chi connectivity index (χ2v) is 5.11. The van der Waals surface area contributed by atoms with Gasteiger partial charge in [-0.25, -0.2) is 10.2 Å². The van der Waals surface area contributed by atoms with Crippen LogP contribution in [0.15, 0.2) is 24.3 Å². The number of fused-ring (bicyclic) bond motifs is 1. The Kier molecular flexibility index (Phi) is 4.00. The molecular formula is C13H17N3O6. The smallest absolute Gasteiger partial charge is 0.410 e. The van der Waals surface area contributed by atoms with Crippen LogP contribution in [0, 0.1) is 0 Å². The number of carbonyl (C=O) groups excluding carboxylic acids is 1. The third kappa shape index (κ3) is 2.24. The topological polar surface area (TPSA) is 138 Å². The van der Waals surface area contributed by atoms with Crippen LogP contribution in [0.4, 0.5) is 4.79 Å². The Hall–Kier alpha value is -1.75. The highest BCUT2D eigenvalue weighted by Crippen LogP contribution is 2.37. The molecule has 1 aromatic carbocycles. The van der Waals surface area contributed by atoms with Crippen LogP contribution in [0.25, 0.3) is 0 Å². The van der Waals surface area contributed by atoms with E-state index in [1.807, 2.05) is 0 Å². The van der Waals surface area contributed by atoms with Gasteiger partial charge in [0.25, 0.3) is 0 Å². The van der Waals surface area contributed by atoms with E-state index in [0.717, 1.165) is 4.90 Å². The molecule has 1 fully saturated rings. The first-order chi connectivity index (χ1) is 10.6. The van der Waals surface area contributed by atoms with Gasteiger partial charge in [0.15, 0.2) is 6.23 Å². The molecule has 5 atom stereocenters. The van der Waals surface area contributed by atoms with E-state index in [1.165, 1.54) is 0 Å². The molecule has 6 N–H and O–H groups in total. The van der Waals surface area contributed by atoms with Gasteiger partial charge in [-0.1, -0.05) is 18.2 Å². The van der Waals surface area contributed by atoms with Crippen molar-refractivity contribution >= 4 is 6.09 Å². The third-order valence-electron chi connectivity index (χ3n) is 3.85. The van der Waals surface area contributed by atoms with Gasteiger partial charge < -0.3 is 24.8 Å². The molecule has 0 spiro atoms. The van der Waals surface area contributed by atoms with Crippen LogP contribution >= 0.6 is 0 Å². The van der Waals surface area contributed by atoms with Crippen LogP contribution in [0.5, 0.6) is 5.75 Å². The number of rotatable bonds is 3. The van der Waals surface area contributed by atoms with Crippen LogP contribution in [0.1, 0.15) is 11.7 Å². The molecular weight excluding hydrogens is 294 g/mol. The van der Waals surface area contributed by atoms with Gasteiger partial charge in [0.2, 0.25) is 0 Å². The normalized spacial score (nSPS) is 34.5. The van der Waals surface area contributed by atoms with E-state index < -0.39 is 43.4 Å². The monoisotopic (exact) mass is 311 g/mol. The van der Waals surface area contributed by atoms with Crippen molar-refractivity contribution in [3.8, 4) is 5.75 Å². The lowest BCUT2D eigenvalue weighted by Gasteiger charge is -2.39. The minimum absolute atomic E-state index is 0.346. The van der Waals surface area contributed by atoms with Crippen molar-refractivity contribution in [2.75, 3.05) is 6.61 Å². The summed E-state index contributed by atoms with van der Waals surface area (Å²) in [5.74, 6) is 5.88. The number of nitrogens with two attached hydrogens (primary N) is 1. The van der Waals surface area contributed by atoms with Crippen molar-refractivity contribution in [3.63, 3.8) is 0 Å². The second-order valence-electron chi connectivity index (χ2n) is 5.11. The standard InChI is InChI=1S/C13H17N3O6/c14-15-11-6-3-1-2-4-7(6)22-13(20)16(11)12-10(19)9(18)8(5-17)21-12/h1-4,8-12,15,17-19H,5,14H2/t8-,9-,10-,11?,12-/m1/s1. The number of ether oxygens (including phenoxy) is 2. The Morgan fingerprint density at radius 3 is 2.64 bits per heavy atom. The molecule has 1 aromatic rings. The molecule has 2 aliphatic heterocycles. The van der Waals surface area contributed by atoms with Gasteiger partial charge in [0.1, 0.15) is 30.2 Å². The predicted molar refractivity (Wildman–Crippen MR) is 72.1 cm³/mol. The highest BCUT2D eigenvalue weighted by molar-refractivity contribution is 5.74. The SMILES string of the molecule is NNC1c2ccccc2OC(=O)N1[C@@H]1O[C@H](CO)[C@@H](O)[C@H]1O. The van der Waals surface area contributed by atoms with E-state index in [1.54, 1.807) is 24.3 Å². The summed E-state index contributed by atoms with van der Waals surface area (Å²) in [6.45, 7) is -0.491. The number of hydrogen-bond donors (Lipinski definition) is 5. The molecule has 0 aromatic heterocycles. The predicted octanol–water partition coefficient (Wildman–Crippen LogP) is -1.60. The number of carbonyl (C=O) groups is 1. The zero-order chi connectivity index (χ0) is 15.9. The van der Waals surface area contributed by atoms with E-state index in [4.69, 9.17) is 20.4 Å². The van der Waals surface area contributed by atoms with Crippen molar-refractivity contribution in [2.45, 2.75) is 30.7 Å². The number of aliphatic hydroxyl groups is 3. The maximum Gasteiger partial charge on any atom is 0.419 e. The van der Waals surface area contributed by atoms with Crippen molar-refractivity contribution < 1.29 is 29.6 Å². The zero-order valence-electron chi connectivity index (χ0n) is 11.5. The van der Waals surface area contributed by atoms with E-state index >= 15 is 0 Å². The van der Waals surface area contributed by atoms with Gasteiger partial charge in [0.05, 0.1) is 6.61 Å². The molecule has 3 rings (SSSR count). The fourth-order valence-electron chi connectivity index (χ4n) is 2.73. The van der Waals surface area contributed by atoms with Crippen molar-refractivity contribution in [2.24, 2.45) is 5.84 Å². The number of aliphatic hydroxyl groups excluding tert-OH is 3. The van der Waals surface area contributed by atoms with Gasteiger partial charge >= 0.3 is 6.09 Å². The average molecular weight is 311 g/mol. The maximum absolute atomic E-state index is 12.2. The number of nitrogens with one attached hydrogen (secondary N) is 1. The van der Waals surface area contributed by atoms with Crippen LogP contribution in [-0.2, 0) is 4.74 Å². The summed E-state index contributed by atoms with van der Waals surface area (Å²) in [5.41, 5.74) is 3.06. The molecule has 1 amide bonds. The molecule has 0 radical (unpaired) electrons. The molecule has 9 heteroatoms. The van der Waals surface area contributed by atoms with Gasteiger partial charge in [-0.05, 0) is 6.07 Å². The van der Waals surface area contributed by atoms with E-state index in [2.05, 4.69) is 5.43 Å². The number of para-hydroxylation sites is 1. The number of hydrogen-bond acceptors (Lipinski definition) is 8. The minimum atomic E-state index is -1.40. The fraction of sp³-hybridized carbons (Fsp3) is 0.462. The van der Waals surface area contributed by atoms with Crippen LogP contribution in [-0.4, -0.2) is 57.5 Å². The van der Waals surface area contributed by atoms with Crippen molar-refractivity contribution in [3.05, 3.63) is 29.8 Å². The summed E-state index contributed by atoms with van der Waals surface area (Å²) < 4.78 is 10.6. The first-order valence-electron chi connectivity index (χ1n) is 6.76. The quantitative estimate of drug-likeness (QED) is 0.332. The third-order valence-corrected chi connectivity index (χ3v) is 3.85. The van der Waals surface area contributed by atoms with Crippen molar-refractivity contribution in [1.29, 1.82) is 0 Å². The lowest BCUT2D eigenvalue weighted by molar-refractivity contribution is -0.107. The summed E-state index contributed by atoms with van der Waals surface area (Å²) in [5, 5.41) is 29.1. The van der Waals surface area contributed by atoms with Gasteiger partial charge in [-0.3, -0.25) is 10.7 Å². The molecule has 1 saturated heterocycles. The minimum Gasteiger partial charge on any atom is -0.410 e. The zero-order valence-corrected chi connectivity index (χ0v) is 11.5. The maximum atomic E-state index is 12.2. The lowest BCUT2D eigenvalue weighted by atomic mass is 10.1. The fourth-order valence-corrected chi connectivity index (χ4v) is 2.73. The van der Waals surface area contributed by atoms with Crippen LogP contribution in [0.3, 0.4) is 0 Å². The molecule has 0 aliphatic carbocycles. The molecule has 0 saturated carbocycles. The lowest BCUT2D eigenvalue weighted by Crippen LogP contribution is -2.56. The summed E-state index contributed by atoms with van der Waals surface area (Å²) >= 11 is 0. The molecule has 9 nitrogen and oxygen atoms in total. The Morgan fingerprint density at radius 2 is 2.00 bits per heavy atom. The number of amides is 1. The van der Waals surface area contributed by atoms with E-state index in [-0.39, 0.29) is 0 Å². The van der Waals surface area contributed by atoms with Gasteiger partial charge in [-0.2, -0.15) is 0 Å². The molecule has 22 heavy (non-hydrogen) atoms. The van der Waals surface area contributed by atoms with Crippen LogP contribution in [0.2, 0.25) is 0 Å². The summed E-state index contributed by atoms with van der Waals surface area (Å²) in [4.78, 5) is 13.3. The highest BCUT2D eigenvalue weighted by Gasteiger charge is 2.50. The summed E-state index contributed by atoms with van der Waals surface area (Å²) in [7, 11) is 0. The molecule has 1 unspecified atom stereocenters. The largest absolute Gasteiger partial charge is 0.419 e. The molecule has 2 heterocycles. The molecule has 2 aliphatic rings. The van der Waals surface area contributed by atoms with Gasteiger partial charge in [-0.15, -0.1) is 0 Å². The van der Waals surface area contributed by atoms with Gasteiger partial charge in [0, 0.05) is 5.56 Å². The Morgan fingerprint density at radius 1 is 1.27 bits per heavy atom. The number of benzene rings is 1. The Labute approximate surface area is 125 Å². The first-order valence-corrected chi connectivity index (χ1v) is 6.76. The highest BCUT2D eigenvalue weighted by atomic mass is 16.6. The number of nitrogens with zero attached hydrogens (tertiary/aromatic N) is 1. The molecule has 0 bridgehead atoms. The average Bonchev–Trinajstić information content (AvgIpc) is 2.81. The second kappa shape index (κ2) is 5.80. The summed E-state index contributed by atoms with van der Waals surface area (Å²) in [6.07, 6.45) is -6.50. The van der Waals surface area contributed by atoms with E-state index in [0.29, 0.717) is 11.3 Å². The molecule has 120 valence electrons. The number of hydrazine groups is 1. The summed E-state index contributed by atoms with van der Waals surface area (Å²) in [6, 6.07) is 6.78. The Balaban J connectivity index is 1.95. The van der Waals surface area contributed by atoms with Crippen LogP contribution < -0.4 is 16.0 Å².